The fraction of sp³-hybridized carbons (Fsp3) is 0.176. The van der Waals surface area contributed by atoms with Crippen molar-refractivity contribution in [3.05, 3.63) is 64.3 Å². The molecule has 0 saturated heterocycles. The predicted octanol–water partition coefficient (Wildman–Crippen LogP) is 3.27. The largest absolute Gasteiger partial charge is 0.332 e. The predicted molar refractivity (Wildman–Crippen MR) is 98.2 cm³/mol. The lowest BCUT2D eigenvalue weighted by atomic mass is 10.2. The summed E-state index contributed by atoms with van der Waals surface area (Å²) in [5.41, 5.74) is 0.859. The topological polar surface area (TPSA) is 63.9 Å². The number of hydrogen-bond acceptors (Lipinski definition) is 5. The van der Waals surface area contributed by atoms with Gasteiger partial charge in [-0.2, -0.15) is 4.80 Å². The van der Waals surface area contributed by atoms with Crippen LogP contribution in [0.25, 0.3) is 11.4 Å². The minimum absolute atomic E-state index is 0.0206. The number of hydrogen-bond donors (Lipinski definition) is 0. The lowest BCUT2D eigenvalue weighted by Crippen LogP contribution is -2.34. The van der Waals surface area contributed by atoms with Gasteiger partial charge in [0.15, 0.2) is 0 Å². The van der Waals surface area contributed by atoms with Gasteiger partial charge in [0.2, 0.25) is 11.7 Å². The number of nitrogens with zero attached hydrogens (tertiary/aromatic N) is 5. The number of thiophene rings is 1. The Morgan fingerprint density at radius 1 is 1.28 bits per heavy atom. The third kappa shape index (κ3) is 4.52. The molecule has 0 radical (unpaired) electrons. The van der Waals surface area contributed by atoms with Gasteiger partial charge in [-0.3, -0.25) is 4.79 Å². The van der Waals surface area contributed by atoms with Gasteiger partial charge in [-0.05, 0) is 17.3 Å². The Hall–Kier alpha value is -2.51. The quantitative estimate of drug-likeness (QED) is 0.596. The molecule has 8 heteroatoms. The summed E-state index contributed by atoms with van der Waals surface area (Å²) < 4.78 is 0.700. The summed E-state index contributed by atoms with van der Waals surface area (Å²) in [5, 5.41) is 12.3. The first-order chi connectivity index (χ1) is 12.2. The minimum Gasteiger partial charge on any atom is -0.332 e. The zero-order chi connectivity index (χ0) is 17.6. The van der Waals surface area contributed by atoms with Crippen LogP contribution in [0.5, 0.6) is 0 Å². The van der Waals surface area contributed by atoms with Crippen molar-refractivity contribution in [2.75, 3.05) is 6.54 Å². The molecule has 0 N–H and O–H groups in total. The zero-order valence-corrected chi connectivity index (χ0v) is 15.0. The molecule has 1 aromatic carbocycles. The monoisotopic (exact) mass is 373 g/mol. The number of benzene rings is 1. The number of carbonyl (C=O) groups is 1. The molecule has 2 heterocycles. The molecule has 3 aromatic rings. The molecule has 0 aliphatic heterocycles. The molecule has 25 heavy (non-hydrogen) atoms. The van der Waals surface area contributed by atoms with E-state index in [1.165, 1.54) is 16.1 Å². The van der Waals surface area contributed by atoms with Crippen LogP contribution in [0.3, 0.4) is 0 Å². The molecular weight excluding hydrogens is 358 g/mol. The molecule has 3 rings (SSSR count). The Bertz CT molecular complexity index is 861. The average molecular weight is 374 g/mol. The van der Waals surface area contributed by atoms with Crippen LogP contribution in [0.2, 0.25) is 4.34 Å². The SMILES string of the molecule is C=CCN(Cc1ccc(Cl)s1)C(=O)Cn1nnc(-c2ccccc2)n1. The second-order valence-corrected chi connectivity index (χ2v) is 7.08. The van der Waals surface area contributed by atoms with Gasteiger partial charge in [0.25, 0.3) is 0 Å². The Kier molecular flexibility index (Phi) is 5.57. The second kappa shape index (κ2) is 8.04. The summed E-state index contributed by atoms with van der Waals surface area (Å²) in [6, 6.07) is 13.3. The van der Waals surface area contributed by atoms with Crippen molar-refractivity contribution in [2.24, 2.45) is 0 Å². The van der Waals surface area contributed by atoms with Crippen molar-refractivity contribution in [1.29, 1.82) is 0 Å². The van der Waals surface area contributed by atoms with E-state index in [2.05, 4.69) is 22.0 Å². The first kappa shape index (κ1) is 17.3. The highest BCUT2D eigenvalue weighted by atomic mass is 35.5. The maximum absolute atomic E-state index is 12.6. The zero-order valence-electron chi connectivity index (χ0n) is 13.4. The number of halogens is 1. The molecule has 0 aliphatic rings. The van der Waals surface area contributed by atoms with Gasteiger partial charge in [0.1, 0.15) is 6.54 Å². The summed E-state index contributed by atoms with van der Waals surface area (Å²) in [6.07, 6.45) is 1.69. The van der Waals surface area contributed by atoms with E-state index in [1.54, 1.807) is 11.0 Å². The lowest BCUT2D eigenvalue weighted by Gasteiger charge is -2.19. The van der Waals surface area contributed by atoms with Crippen LogP contribution in [0.15, 0.2) is 55.1 Å². The maximum Gasteiger partial charge on any atom is 0.246 e. The van der Waals surface area contributed by atoms with Crippen molar-refractivity contribution < 1.29 is 4.79 Å². The number of amides is 1. The average Bonchev–Trinajstić information content (AvgIpc) is 3.24. The van der Waals surface area contributed by atoms with E-state index < -0.39 is 0 Å². The van der Waals surface area contributed by atoms with Crippen LogP contribution in [0.1, 0.15) is 4.88 Å². The molecular formula is C17H16ClN5OS. The molecule has 0 aliphatic carbocycles. The summed E-state index contributed by atoms with van der Waals surface area (Å²) >= 11 is 7.41. The van der Waals surface area contributed by atoms with Gasteiger partial charge >= 0.3 is 0 Å². The molecule has 0 unspecified atom stereocenters. The van der Waals surface area contributed by atoms with E-state index in [0.717, 1.165) is 10.4 Å². The lowest BCUT2D eigenvalue weighted by molar-refractivity contribution is -0.132. The van der Waals surface area contributed by atoms with Gasteiger partial charge in [-0.15, -0.1) is 28.1 Å². The second-order valence-electron chi connectivity index (χ2n) is 5.28. The Morgan fingerprint density at radius 3 is 2.76 bits per heavy atom. The molecule has 0 saturated carbocycles. The van der Waals surface area contributed by atoms with Crippen molar-refractivity contribution in [2.45, 2.75) is 13.1 Å². The highest BCUT2D eigenvalue weighted by molar-refractivity contribution is 7.16. The van der Waals surface area contributed by atoms with E-state index >= 15 is 0 Å². The van der Waals surface area contributed by atoms with Crippen LogP contribution in [-0.2, 0) is 17.9 Å². The van der Waals surface area contributed by atoms with Gasteiger partial charge in [0, 0.05) is 17.0 Å². The Balaban J connectivity index is 1.68. The van der Waals surface area contributed by atoms with Crippen LogP contribution >= 0.6 is 22.9 Å². The van der Waals surface area contributed by atoms with Crippen LogP contribution in [0, 0.1) is 0 Å². The molecule has 0 fully saturated rings. The standard InChI is InChI=1S/C17H16ClN5OS/c1-2-10-22(11-14-8-9-15(18)25-14)16(24)12-23-20-17(19-21-23)13-6-4-3-5-7-13/h2-9H,1,10-12H2. The summed E-state index contributed by atoms with van der Waals surface area (Å²) in [6.45, 7) is 4.65. The van der Waals surface area contributed by atoms with E-state index in [-0.39, 0.29) is 12.5 Å². The molecule has 0 atom stereocenters. The number of aromatic nitrogens is 4. The normalized spacial score (nSPS) is 10.6. The number of tetrazole rings is 1. The Morgan fingerprint density at radius 2 is 2.08 bits per heavy atom. The van der Waals surface area contributed by atoms with Crippen molar-refractivity contribution in [1.82, 2.24) is 25.1 Å². The van der Waals surface area contributed by atoms with Gasteiger partial charge in [-0.1, -0.05) is 48.0 Å². The van der Waals surface area contributed by atoms with E-state index in [1.807, 2.05) is 42.5 Å². The summed E-state index contributed by atoms with van der Waals surface area (Å²) in [7, 11) is 0. The summed E-state index contributed by atoms with van der Waals surface area (Å²) in [5.74, 6) is 0.384. The third-order valence-electron chi connectivity index (χ3n) is 3.44. The smallest absolute Gasteiger partial charge is 0.246 e. The Labute approximate surface area is 154 Å². The van der Waals surface area contributed by atoms with E-state index in [0.29, 0.717) is 23.3 Å². The highest BCUT2D eigenvalue weighted by Gasteiger charge is 2.16. The highest BCUT2D eigenvalue weighted by Crippen LogP contribution is 2.22. The van der Waals surface area contributed by atoms with Gasteiger partial charge in [0.05, 0.1) is 10.9 Å². The summed E-state index contributed by atoms with van der Waals surface area (Å²) in [4.78, 5) is 16.6. The molecule has 0 bridgehead atoms. The molecule has 128 valence electrons. The van der Waals surface area contributed by atoms with Crippen molar-refractivity contribution in [3.63, 3.8) is 0 Å². The van der Waals surface area contributed by atoms with Crippen LogP contribution in [0.4, 0.5) is 0 Å². The van der Waals surface area contributed by atoms with Crippen molar-refractivity contribution >= 4 is 28.8 Å². The van der Waals surface area contributed by atoms with Gasteiger partial charge in [-0.25, -0.2) is 0 Å². The number of carbonyl (C=O) groups excluding carboxylic acids is 1. The fourth-order valence-electron chi connectivity index (χ4n) is 2.27. The van der Waals surface area contributed by atoms with E-state index in [9.17, 15) is 4.79 Å². The van der Waals surface area contributed by atoms with E-state index in [4.69, 9.17) is 11.6 Å². The van der Waals surface area contributed by atoms with Crippen LogP contribution < -0.4 is 0 Å². The molecule has 6 nitrogen and oxygen atoms in total. The van der Waals surface area contributed by atoms with Crippen LogP contribution in [-0.4, -0.2) is 37.6 Å². The molecule has 1 amide bonds. The fourth-order valence-corrected chi connectivity index (χ4v) is 3.37. The molecule has 2 aromatic heterocycles. The first-order valence-corrected chi connectivity index (χ1v) is 8.81. The minimum atomic E-state index is -0.110. The number of rotatable bonds is 7. The van der Waals surface area contributed by atoms with Crippen molar-refractivity contribution in [3.8, 4) is 11.4 Å². The first-order valence-electron chi connectivity index (χ1n) is 7.62. The van der Waals surface area contributed by atoms with Gasteiger partial charge < -0.3 is 4.90 Å². The molecule has 0 spiro atoms. The third-order valence-corrected chi connectivity index (χ3v) is 4.66. The maximum atomic E-state index is 12.6.